The molecule has 1 unspecified atom stereocenters. The zero-order valence-corrected chi connectivity index (χ0v) is 12.6. The molecule has 2 atom stereocenters. The molecule has 0 spiro atoms. The largest absolute Gasteiger partial charge is 0.489 e. The molecule has 21 heavy (non-hydrogen) atoms. The van der Waals surface area contributed by atoms with Crippen molar-refractivity contribution in [3.05, 3.63) is 58.6 Å². The van der Waals surface area contributed by atoms with Crippen molar-refractivity contribution >= 4 is 11.6 Å². The van der Waals surface area contributed by atoms with Crippen molar-refractivity contribution in [1.29, 1.82) is 0 Å². The van der Waals surface area contributed by atoms with Crippen molar-refractivity contribution in [2.45, 2.75) is 25.5 Å². The zero-order chi connectivity index (χ0) is 14.8. The maximum Gasteiger partial charge on any atom is 0.137 e. The number of hydrogen-bond acceptors (Lipinski definition) is 3. The lowest BCUT2D eigenvalue weighted by molar-refractivity contribution is 0.147. The van der Waals surface area contributed by atoms with Crippen LogP contribution in [0.3, 0.4) is 0 Å². The van der Waals surface area contributed by atoms with Gasteiger partial charge in [-0.25, -0.2) is 0 Å². The highest BCUT2D eigenvalue weighted by Crippen LogP contribution is 2.30. The van der Waals surface area contributed by atoms with Gasteiger partial charge in [-0.3, -0.25) is 0 Å². The molecule has 0 fully saturated rings. The van der Waals surface area contributed by atoms with E-state index in [2.05, 4.69) is 6.07 Å². The van der Waals surface area contributed by atoms with Crippen molar-refractivity contribution in [2.24, 2.45) is 5.73 Å². The van der Waals surface area contributed by atoms with E-state index in [1.165, 1.54) is 5.56 Å². The first kappa shape index (κ1) is 14.2. The summed E-state index contributed by atoms with van der Waals surface area (Å²) < 4.78 is 11.8. The molecule has 2 aromatic rings. The van der Waals surface area contributed by atoms with Gasteiger partial charge < -0.3 is 15.2 Å². The summed E-state index contributed by atoms with van der Waals surface area (Å²) in [7, 11) is 0. The second kappa shape index (κ2) is 5.96. The van der Waals surface area contributed by atoms with Gasteiger partial charge in [-0.1, -0.05) is 29.8 Å². The van der Waals surface area contributed by atoms with Crippen molar-refractivity contribution < 1.29 is 9.47 Å². The quantitative estimate of drug-likeness (QED) is 0.935. The molecule has 110 valence electrons. The van der Waals surface area contributed by atoms with Crippen molar-refractivity contribution in [3.8, 4) is 11.5 Å². The van der Waals surface area contributed by atoms with Gasteiger partial charge in [0.2, 0.25) is 0 Å². The van der Waals surface area contributed by atoms with Gasteiger partial charge in [-0.15, -0.1) is 0 Å². The van der Waals surface area contributed by atoms with Crippen LogP contribution in [0.1, 0.15) is 24.1 Å². The number of fused-ring (bicyclic) bond motifs is 1. The van der Waals surface area contributed by atoms with Crippen LogP contribution in [0.5, 0.6) is 11.5 Å². The molecule has 0 bridgehead atoms. The van der Waals surface area contributed by atoms with E-state index >= 15 is 0 Å². The Balaban J connectivity index is 1.67. The number of rotatable bonds is 4. The van der Waals surface area contributed by atoms with E-state index in [-0.39, 0.29) is 12.1 Å². The van der Waals surface area contributed by atoms with Crippen molar-refractivity contribution in [2.75, 3.05) is 6.61 Å². The summed E-state index contributed by atoms with van der Waals surface area (Å²) >= 11 is 6.01. The van der Waals surface area contributed by atoms with Crippen LogP contribution in [0, 0.1) is 0 Å². The van der Waals surface area contributed by atoms with Gasteiger partial charge in [0.1, 0.15) is 24.2 Å². The van der Waals surface area contributed by atoms with Crippen LogP contribution in [0.2, 0.25) is 5.02 Å². The van der Waals surface area contributed by atoms with Gasteiger partial charge in [0.15, 0.2) is 0 Å². The molecule has 0 aliphatic carbocycles. The van der Waals surface area contributed by atoms with E-state index in [1.807, 2.05) is 43.3 Å². The number of benzene rings is 2. The van der Waals surface area contributed by atoms with Gasteiger partial charge in [0.05, 0.1) is 0 Å². The lowest BCUT2D eigenvalue weighted by Crippen LogP contribution is -2.23. The Kier molecular flexibility index (Phi) is 4.04. The lowest BCUT2D eigenvalue weighted by Gasteiger charge is -2.17. The smallest absolute Gasteiger partial charge is 0.137 e. The Morgan fingerprint density at radius 3 is 2.90 bits per heavy atom. The number of halogens is 1. The molecule has 0 saturated carbocycles. The second-order valence-electron chi connectivity index (χ2n) is 5.33. The summed E-state index contributed by atoms with van der Waals surface area (Å²) in [4.78, 5) is 0. The summed E-state index contributed by atoms with van der Waals surface area (Å²) in [6, 6.07) is 13.5. The molecule has 0 radical (unpaired) electrons. The summed E-state index contributed by atoms with van der Waals surface area (Å²) in [5, 5.41) is 0.666. The summed E-state index contributed by atoms with van der Waals surface area (Å²) in [5.74, 6) is 1.73. The first-order valence-electron chi connectivity index (χ1n) is 7.06. The molecule has 0 aromatic heterocycles. The third kappa shape index (κ3) is 3.14. The molecule has 3 rings (SSSR count). The Labute approximate surface area is 129 Å². The molecule has 0 saturated heterocycles. The highest BCUT2D eigenvalue weighted by Gasteiger charge is 2.23. The topological polar surface area (TPSA) is 44.5 Å². The standard InChI is InChI=1S/C17H18ClNO2/c1-11(19)15-9-13(18)6-7-17(15)20-10-14-8-12-4-2-3-5-16(12)21-14/h2-7,9,11,14H,8,10,19H2,1H3/t11-,14?/m0/s1. The van der Waals surface area contributed by atoms with Gasteiger partial charge in [0, 0.05) is 23.0 Å². The number of hydrogen-bond donors (Lipinski definition) is 1. The van der Waals surface area contributed by atoms with E-state index in [9.17, 15) is 0 Å². The fourth-order valence-electron chi connectivity index (χ4n) is 2.54. The predicted octanol–water partition coefficient (Wildman–Crippen LogP) is 3.74. The number of para-hydroxylation sites is 1. The van der Waals surface area contributed by atoms with E-state index < -0.39 is 0 Å². The third-order valence-electron chi connectivity index (χ3n) is 3.60. The van der Waals surface area contributed by atoms with Crippen LogP contribution in [-0.4, -0.2) is 12.7 Å². The van der Waals surface area contributed by atoms with Gasteiger partial charge in [0.25, 0.3) is 0 Å². The molecule has 0 amide bonds. The minimum atomic E-state index is -0.125. The molecular formula is C17H18ClNO2. The highest BCUT2D eigenvalue weighted by atomic mass is 35.5. The van der Waals surface area contributed by atoms with E-state index in [4.69, 9.17) is 26.8 Å². The maximum absolute atomic E-state index is 6.01. The SMILES string of the molecule is C[C@H](N)c1cc(Cl)ccc1OCC1Cc2ccccc2O1. The van der Waals surface area contributed by atoms with Crippen LogP contribution in [0.25, 0.3) is 0 Å². The van der Waals surface area contributed by atoms with Crippen LogP contribution < -0.4 is 15.2 Å². The average Bonchev–Trinajstić information content (AvgIpc) is 2.88. The Hall–Kier alpha value is -1.71. The minimum absolute atomic E-state index is 0.0407. The van der Waals surface area contributed by atoms with Crippen LogP contribution in [0.4, 0.5) is 0 Å². The van der Waals surface area contributed by atoms with Gasteiger partial charge in [-0.05, 0) is 36.8 Å². The van der Waals surface area contributed by atoms with Crippen LogP contribution in [-0.2, 0) is 6.42 Å². The molecule has 2 N–H and O–H groups in total. The number of ether oxygens (including phenoxy) is 2. The van der Waals surface area contributed by atoms with Gasteiger partial charge >= 0.3 is 0 Å². The molecule has 2 aromatic carbocycles. The minimum Gasteiger partial charge on any atom is -0.489 e. The molecule has 1 aliphatic heterocycles. The predicted molar refractivity (Wildman–Crippen MR) is 84.1 cm³/mol. The summed E-state index contributed by atoms with van der Waals surface area (Å²) in [6.45, 7) is 2.41. The number of nitrogens with two attached hydrogens (primary N) is 1. The fourth-order valence-corrected chi connectivity index (χ4v) is 2.72. The van der Waals surface area contributed by atoms with Crippen LogP contribution in [0.15, 0.2) is 42.5 Å². The van der Waals surface area contributed by atoms with E-state index in [1.54, 1.807) is 0 Å². The maximum atomic E-state index is 6.01. The van der Waals surface area contributed by atoms with E-state index in [0.717, 1.165) is 23.5 Å². The Bertz CT molecular complexity index is 617. The molecule has 4 heteroatoms. The normalized spacial score (nSPS) is 18.0. The summed E-state index contributed by atoms with van der Waals surface area (Å²) in [6.07, 6.45) is 0.913. The summed E-state index contributed by atoms with van der Waals surface area (Å²) in [5.41, 5.74) is 8.11. The second-order valence-corrected chi connectivity index (χ2v) is 5.77. The van der Waals surface area contributed by atoms with Crippen molar-refractivity contribution in [3.63, 3.8) is 0 Å². The first-order valence-corrected chi connectivity index (χ1v) is 7.43. The molecule has 1 aliphatic rings. The Morgan fingerprint density at radius 1 is 1.33 bits per heavy atom. The van der Waals surface area contributed by atoms with E-state index in [0.29, 0.717) is 11.6 Å². The highest BCUT2D eigenvalue weighted by molar-refractivity contribution is 6.30. The molecule has 1 heterocycles. The lowest BCUT2D eigenvalue weighted by atomic mass is 10.1. The van der Waals surface area contributed by atoms with Gasteiger partial charge in [-0.2, -0.15) is 0 Å². The average molecular weight is 304 g/mol. The Morgan fingerprint density at radius 2 is 2.14 bits per heavy atom. The molecular weight excluding hydrogens is 286 g/mol. The third-order valence-corrected chi connectivity index (χ3v) is 3.84. The molecule has 3 nitrogen and oxygen atoms in total. The monoisotopic (exact) mass is 303 g/mol. The zero-order valence-electron chi connectivity index (χ0n) is 11.9. The first-order chi connectivity index (χ1) is 10.1. The van der Waals surface area contributed by atoms with Crippen LogP contribution >= 0.6 is 11.6 Å². The fraction of sp³-hybridized carbons (Fsp3) is 0.294. The van der Waals surface area contributed by atoms with Crippen molar-refractivity contribution in [1.82, 2.24) is 0 Å².